The summed E-state index contributed by atoms with van der Waals surface area (Å²) in [5.74, 6) is -2.79. The smallest absolute Gasteiger partial charge is 0.317 e. The molecule has 1 aromatic rings. The summed E-state index contributed by atoms with van der Waals surface area (Å²) in [5.41, 5.74) is 6.87. The van der Waals surface area contributed by atoms with Crippen LogP contribution in [-0.4, -0.2) is 47.4 Å². The molecule has 4 N–H and O–H groups in total. The molecule has 1 unspecified atom stereocenters. The van der Waals surface area contributed by atoms with Crippen molar-refractivity contribution in [1.29, 1.82) is 0 Å². The lowest BCUT2D eigenvalue weighted by Crippen LogP contribution is -2.39. The van der Waals surface area contributed by atoms with Crippen LogP contribution < -0.4 is 11.1 Å². The molecule has 2 heterocycles. The molecule has 7 nitrogen and oxygen atoms in total. The second-order valence-electron chi connectivity index (χ2n) is 6.92. The summed E-state index contributed by atoms with van der Waals surface area (Å²) in [6.45, 7) is 1.17. The molecule has 0 saturated carbocycles. The molecule has 1 atom stereocenters. The normalized spacial score (nSPS) is 22.3. The number of carboxylic acid groups (broad SMARTS) is 1. The van der Waals surface area contributed by atoms with Crippen LogP contribution in [0.2, 0.25) is 0 Å². The number of nitrogen functional groups attached to an aromatic ring is 1. The van der Waals surface area contributed by atoms with Gasteiger partial charge in [-0.2, -0.15) is 0 Å². The lowest BCUT2D eigenvalue weighted by molar-refractivity contribution is -0.138. The van der Waals surface area contributed by atoms with E-state index in [4.69, 9.17) is 10.8 Å². The van der Waals surface area contributed by atoms with E-state index in [2.05, 4.69) is 5.32 Å². The van der Waals surface area contributed by atoms with Gasteiger partial charge in [-0.3, -0.25) is 24.6 Å². The molecule has 0 aromatic heterocycles. The number of carbonyl (C=O) groups is 3. The van der Waals surface area contributed by atoms with Crippen molar-refractivity contribution in [2.24, 2.45) is 0 Å². The summed E-state index contributed by atoms with van der Waals surface area (Å²) in [6, 6.07) is 3.35. The van der Waals surface area contributed by atoms with Crippen molar-refractivity contribution in [1.82, 2.24) is 10.2 Å². The highest BCUT2D eigenvalue weighted by molar-refractivity contribution is 6.01. The number of nitrogens with one attached hydrogen (secondary N) is 1. The third kappa shape index (κ3) is 3.70. The van der Waals surface area contributed by atoms with Gasteiger partial charge in [-0.15, -0.1) is 0 Å². The third-order valence-electron chi connectivity index (χ3n) is 5.24. The van der Waals surface area contributed by atoms with Crippen molar-refractivity contribution >= 4 is 23.5 Å². The minimum atomic E-state index is -0.868. The molecule has 2 aliphatic rings. The predicted molar refractivity (Wildman–Crippen MR) is 92.0 cm³/mol. The van der Waals surface area contributed by atoms with Gasteiger partial charge in [0, 0.05) is 6.42 Å². The average Bonchev–Trinajstić information content (AvgIpc) is 2.58. The van der Waals surface area contributed by atoms with Gasteiger partial charge in [0.1, 0.15) is 5.82 Å². The van der Waals surface area contributed by atoms with E-state index >= 15 is 0 Å². The molecule has 26 heavy (non-hydrogen) atoms. The maximum absolute atomic E-state index is 14.9. The monoisotopic (exact) mass is 363 g/mol. The first-order valence-corrected chi connectivity index (χ1v) is 8.72. The number of carboxylic acids is 1. The number of hydrogen-bond acceptors (Lipinski definition) is 5. The number of nitrogens with zero attached hydrogens (tertiary/aromatic N) is 1. The number of aliphatic carboxylic acids is 1. The van der Waals surface area contributed by atoms with Crippen LogP contribution >= 0.6 is 0 Å². The Balaban J connectivity index is 1.75. The Hall–Kier alpha value is -2.48. The number of carbonyl (C=O) groups excluding carboxylic acids is 2. The number of hydrogen-bond donors (Lipinski definition) is 3. The number of halogens is 1. The lowest BCUT2D eigenvalue weighted by Gasteiger charge is -2.31. The molecule has 140 valence electrons. The Morgan fingerprint density at radius 1 is 1.23 bits per heavy atom. The summed E-state index contributed by atoms with van der Waals surface area (Å²) in [6.07, 6.45) is 1.84. The molecule has 1 aromatic carbocycles. The number of amides is 2. The van der Waals surface area contributed by atoms with Gasteiger partial charge in [0.15, 0.2) is 0 Å². The van der Waals surface area contributed by atoms with Crippen LogP contribution in [0.3, 0.4) is 0 Å². The topological polar surface area (TPSA) is 113 Å². The third-order valence-corrected chi connectivity index (χ3v) is 5.24. The van der Waals surface area contributed by atoms with Crippen LogP contribution in [0, 0.1) is 5.82 Å². The fraction of sp³-hybridized carbons (Fsp3) is 0.500. The van der Waals surface area contributed by atoms with Gasteiger partial charge in [0.25, 0.3) is 0 Å². The quantitative estimate of drug-likeness (QED) is 0.547. The standard InChI is InChI=1S/C18H22FN3O4/c19-16-11(10-5-7-22(8-6-10)9-15(24)25)1-2-12(17(16)20)13-3-4-14(23)21-18(13)26/h1-2,10,13H,3-9,20H2,(H,24,25)(H,21,23,26). The molecular formula is C18H22FN3O4. The van der Waals surface area contributed by atoms with E-state index in [-0.39, 0.29) is 30.5 Å². The highest BCUT2D eigenvalue weighted by atomic mass is 19.1. The Kier molecular flexibility index (Phi) is 5.22. The molecule has 0 bridgehead atoms. The van der Waals surface area contributed by atoms with Gasteiger partial charge < -0.3 is 10.8 Å². The molecule has 2 amide bonds. The first kappa shape index (κ1) is 18.3. The first-order chi connectivity index (χ1) is 12.4. The lowest BCUT2D eigenvalue weighted by atomic mass is 9.84. The van der Waals surface area contributed by atoms with Gasteiger partial charge in [-0.05, 0) is 49.4 Å². The molecule has 2 fully saturated rings. The molecule has 0 radical (unpaired) electrons. The van der Waals surface area contributed by atoms with Crippen molar-refractivity contribution in [3.8, 4) is 0 Å². The van der Waals surface area contributed by atoms with Gasteiger partial charge in [-0.25, -0.2) is 4.39 Å². The number of nitrogens with two attached hydrogens (primary N) is 1. The molecule has 2 aliphatic heterocycles. The Morgan fingerprint density at radius 2 is 1.88 bits per heavy atom. The van der Waals surface area contributed by atoms with E-state index in [1.807, 2.05) is 4.90 Å². The summed E-state index contributed by atoms with van der Waals surface area (Å²) in [4.78, 5) is 35.9. The maximum atomic E-state index is 14.9. The van der Waals surface area contributed by atoms with E-state index in [0.717, 1.165) is 0 Å². The van der Waals surface area contributed by atoms with Crippen molar-refractivity contribution in [3.63, 3.8) is 0 Å². The highest BCUT2D eigenvalue weighted by Crippen LogP contribution is 2.36. The maximum Gasteiger partial charge on any atom is 0.317 e. The first-order valence-electron chi connectivity index (χ1n) is 8.72. The largest absolute Gasteiger partial charge is 0.480 e. The van der Waals surface area contributed by atoms with Crippen molar-refractivity contribution in [3.05, 3.63) is 29.1 Å². The zero-order valence-electron chi connectivity index (χ0n) is 14.3. The number of benzene rings is 1. The fourth-order valence-electron chi connectivity index (χ4n) is 3.83. The van der Waals surface area contributed by atoms with Crippen LogP contribution in [-0.2, 0) is 14.4 Å². The number of imide groups is 1. The van der Waals surface area contributed by atoms with Crippen LogP contribution in [0.4, 0.5) is 10.1 Å². The number of anilines is 1. The second kappa shape index (κ2) is 7.41. The molecule has 8 heteroatoms. The van der Waals surface area contributed by atoms with Crippen molar-refractivity contribution in [2.45, 2.75) is 37.5 Å². The molecule has 3 rings (SSSR count). The fourth-order valence-corrected chi connectivity index (χ4v) is 3.83. The second-order valence-corrected chi connectivity index (χ2v) is 6.92. The Morgan fingerprint density at radius 3 is 2.50 bits per heavy atom. The number of rotatable bonds is 4. The van der Waals surface area contributed by atoms with Crippen LogP contribution in [0.15, 0.2) is 12.1 Å². The molecule has 0 aliphatic carbocycles. The minimum Gasteiger partial charge on any atom is -0.480 e. The zero-order chi connectivity index (χ0) is 18.8. The summed E-state index contributed by atoms with van der Waals surface area (Å²) in [5, 5.41) is 11.1. The van der Waals surface area contributed by atoms with E-state index in [1.54, 1.807) is 12.1 Å². The SMILES string of the molecule is Nc1c(C2CCC(=O)NC2=O)ccc(C2CCN(CC(=O)O)CC2)c1F. The zero-order valence-corrected chi connectivity index (χ0v) is 14.3. The molecule has 0 spiro atoms. The number of piperidine rings is 2. The molecular weight excluding hydrogens is 341 g/mol. The highest BCUT2D eigenvalue weighted by Gasteiger charge is 2.32. The summed E-state index contributed by atoms with van der Waals surface area (Å²) in [7, 11) is 0. The van der Waals surface area contributed by atoms with Crippen molar-refractivity contribution in [2.75, 3.05) is 25.4 Å². The molecule has 2 saturated heterocycles. The van der Waals surface area contributed by atoms with E-state index in [0.29, 0.717) is 43.5 Å². The average molecular weight is 363 g/mol. The van der Waals surface area contributed by atoms with Gasteiger partial charge in [-0.1, -0.05) is 12.1 Å². The summed E-state index contributed by atoms with van der Waals surface area (Å²) < 4.78 is 14.9. The Labute approximate surface area is 150 Å². The van der Waals surface area contributed by atoms with Crippen molar-refractivity contribution < 1.29 is 23.9 Å². The van der Waals surface area contributed by atoms with Crippen LogP contribution in [0.25, 0.3) is 0 Å². The van der Waals surface area contributed by atoms with Gasteiger partial charge >= 0.3 is 5.97 Å². The number of likely N-dealkylation sites (tertiary alicyclic amines) is 1. The summed E-state index contributed by atoms with van der Waals surface area (Å²) >= 11 is 0. The minimum absolute atomic E-state index is 0.00814. The van der Waals surface area contributed by atoms with Gasteiger partial charge in [0.05, 0.1) is 18.2 Å². The van der Waals surface area contributed by atoms with E-state index in [9.17, 15) is 18.8 Å². The van der Waals surface area contributed by atoms with E-state index < -0.39 is 23.6 Å². The van der Waals surface area contributed by atoms with Crippen LogP contribution in [0.1, 0.15) is 48.6 Å². The Bertz CT molecular complexity index is 744. The predicted octanol–water partition coefficient (Wildman–Crippen LogP) is 1.19. The van der Waals surface area contributed by atoms with E-state index in [1.165, 1.54) is 0 Å². The van der Waals surface area contributed by atoms with Gasteiger partial charge in [0.2, 0.25) is 11.8 Å². The van der Waals surface area contributed by atoms with Crippen LogP contribution in [0.5, 0.6) is 0 Å².